The van der Waals surface area contributed by atoms with Gasteiger partial charge >= 0.3 is 0 Å². The van der Waals surface area contributed by atoms with Crippen molar-refractivity contribution >= 4 is 23.1 Å². The lowest BCUT2D eigenvalue weighted by Gasteiger charge is -2.33. The van der Waals surface area contributed by atoms with Gasteiger partial charge in [-0.15, -0.1) is 0 Å². The number of rotatable bonds is 6. The summed E-state index contributed by atoms with van der Waals surface area (Å²) in [6, 6.07) is 6.88. The van der Waals surface area contributed by atoms with Gasteiger partial charge in [-0.1, -0.05) is 13.5 Å². The Hall–Kier alpha value is -2.60. The lowest BCUT2D eigenvalue weighted by Crippen LogP contribution is -2.34. The minimum absolute atomic E-state index is 0.211. The van der Waals surface area contributed by atoms with Crippen LogP contribution in [0.1, 0.15) is 44.1 Å². The molecule has 6 heteroatoms. The van der Waals surface area contributed by atoms with E-state index in [1.54, 1.807) is 19.2 Å². The number of amidine groups is 1. The third-order valence-corrected chi connectivity index (χ3v) is 5.66. The summed E-state index contributed by atoms with van der Waals surface area (Å²) in [5.41, 5.74) is 4.95. The largest absolute Gasteiger partial charge is 0.278 e. The smallest absolute Gasteiger partial charge is 0.130 e. The van der Waals surface area contributed by atoms with Gasteiger partial charge in [-0.25, -0.2) is 14.4 Å². The van der Waals surface area contributed by atoms with Gasteiger partial charge in [-0.05, 0) is 67.3 Å². The molecule has 1 aromatic carbocycles. The number of benzene rings is 1. The first-order valence-electron chi connectivity index (χ1n) is 9.67. The second-order valence-electron chi connectivity index (χ2n) is 7.23. The van der Waals surface area contributed by atoms with Gasteiger partial charge < -0.3 is 0 Å². The molecule has 5 nitrogen and oxygen atoms in total. The Morgan fingerprint density at radius 2 is 2.11 bits per heavy atom. The van der Waals surface area contributed by atoms with Crippen molar-refractivity contribution in [3.8, 4) is 0 Å². The number of fused-ring (bicyclic) bond motifs is 1. The maximum atomic E-state index is 13.8. The van der Waals surface area contributed by atoms with Crippen LogP contribution in [-0.4, -0.2) is 24.3 Å². The summed E-state index contributed by atoms with van der Waals surface area (Å²) in [7, 11) is 1.58. The number of aliphatic imine (C=N–C) groups is 2. The van der Waals surface area contributed by atoms with E-state index in [0.717, 1.165) is 42.4 Å². The van der Waals surface area contributed by atoms with Gasteiger partial charge in [-0.2, -0.15) is 0 Å². The molecular formula is C22H27FN4O. The summed E-state index contributed by atoms with van der Waals surface area (Å²) >= 11 is 0. The molecule has 0 saturated heterocycles. The van der Waals surface area contributed by atoms with Crippen molar-refractivity contribution in [1.29, 1.82) is 0 Å². The van der Waals surface area contributed by atoms with E-state index in [0.29, 0.717) is 11.8 Å². The number of halogens is 1. The summed E-state index contributed by atoms with van der Waals surface area (Å²) in [6.07, 6.45) is 9.04. The highest BCUT2D eigenvalue weighted by Gasteiger charge is 2.29. The maximum absolute atomic E-state index is 13.8. The summed E-state index contributed by atoms with van der Waals surface area (Å²) < 4.78 is 13.8. The van der Waals surface area contributed by atoms with Crippen LogP contribution >= 0.6 is 0 Å². The van der Waals surface area contributed by atoms with Crippen LogP contribution in [0.5, 0.6) is 0 Å². The van der Waals surface area contributed by atoms with Crippen molar-refractivity contribution in [2.24, 2.45) is 21.8 Å². The monoisotopic (exact) mass is 382 g/mol. The fraction of sp³-hybridized carbons (Fsp3) is 0.409. The molecule has 0 unspecified atom stereocenters. The van der Waals surface area contributed by atoms with E-state index in [-0.39, 0.29) is 11.7 Å². The first-order chi connectivity index (χ1) is 13.6. The Morgan fingerprint density at radius 3 is 2.82 bits per heavy atom. The SMILES string of the molecule is C=CN=CN=C(NOC)[C@H](C)C1CCC(c2ccnc3ccc(F)cc23)CC1. The summed E-state index contributed by atoms with van der Waals surface area (Å²) in [4.78, 5) is 17.8. The Morgan fingerprint density at radius 1 is 1.32 bits per heavy atom. The first kappa shape index (κ1) is 20.1. The zero-order valence-corrected chi connectivity index (χ0v) is 16.4. The average Bonchev–Trinajstić information content (AvgIpc) is 2.72. The van der Waals surface area contributed by atoms with Crippen LogP contribution in [0.15, 0.2) is 53.2 Å². The second kappa shape index (κ2) is 9.55. The minimum Gasteiger partial charge on any atom is -0.278 e. The third kappa shape index (κ3) is 4.62. The molecule has 28 heavy (non-hydrogen) atoms. The van der Waals surface area contributed by atoms with E-state index in [4.69, 9.17) is 4.84 Å². The van der Waals surface area contributed by atoms with Crippen molar-refractivity contribution < 1.29 is 9.23 Å². The molecule has 1 aliphatic rings. The number of aromatic nitrogens is 1. The van der Waals surface area contributed by atoms with Crippen molar-refractivity contribution in [2.75, 3.05) is 7.11 Å². The molecule has 2 aromatic rings. The average molecular weight is 382 g/mol. The van der Waals surface area contributed by atoms with Crippen LogP contribution in [0, 0.1) is 17.7 Å². The number of pyridine rings is 1. The van der Waals surface area contributed by atoms with Gasteiger partial charge in [0.1, 0.15) is 18.0 Å². The Labute approximate surface area is 165 Å². The zero-order chi connectivity index (χ0) is 19.9. The Balaban J connectivity index is 1.72. The van der Waals surface area contributed by atoms with Crippen molar-refractivity contribution in [1.82, 2.24) is 10.5 Å². The summed E-state index contributed by atoms with van der Waals surface area (Å²) in [5, 5.41) is 0.933. The van der Waals surface area contributed by atoms with E-state index in [1.165, 1.54) is 24.2 Å². The van der Waals surface area contributed by atoms with E-state index in [9.17, 15) is 4.39 Å². The molecule has 0 spiro atoms. The second-order valence-corrected chi connectivity index (χ2v) is 7.23. The highest BCUT2D eigenvalue weighted by molar-refractivity contribution is 5.90. The quantitative estimate of drug-likeness (QED) is 0.434. The third-order valence-electron chi connectivity index (χ3n) is 5.66. The van der Waals surface area contributed by atoms with Crippen molar-refractivity contribution in [3.05, 3.63) is 54.6 Å². The van der Waals surface area contributed by atoms with Crippen LogP contribution in [0.4, 0.5) is 4.39 Å². The molecule has 148 valence electrons. The van der Waals surface area contributed by atoms with Crippen molar-refractivity contribution in [3.63, 3.8) is 0 Å². The number of hydroxylamine groups is 1. The van der Waals surface area contributed by atoms with Crippen LogP contribution in [0.3, 0.4) is 0 Å². The molecular weight excluding hydrogens is 355 g/mol. The zero-order valence-electron chi connectivity index (χ0n) is 16.4. The van der Waals surface area contributed by atoms with E-state index < -0.39 is 0 Å². The molecule has 3 rings (SSSR count). The van der Waals surface area contributed by atoms with Crippen LogP contribution in [0.25, 0.3) is 10.9 Å². The van der Waals surface area contributed by atoms with Gasteiger partial charge in [0.15, 0.2) is 0 Å². The molecule has 1 N–H and O–H groups in total. The molecule has 1 fully saturated rings. The normalized spacial score (nSPS) is 21.8. The molecule has 1 heterocycles. The highest BCUT2D eigenvalue weighted by Crippen LogP contribution is 2.40. The standard InChI is InChI=1S/C22H27FN4O/c1-4-24-14-26-22(27-28-3)15(2)16-5-7-17(8-6-16)19-11-12-25-21-10-9-18(23)13-20(19)21/h4,9-17H,1,5-8H2,2-3H3,(H,24,26,27)/t15-,16?,17?/m1/s1. The first-order valence-corrected chi connectivity index (χ1v) is 9.67. The van der Waals surface area contributed by atoms with Gasteiger partial charge in [-0.3, -0.25) is 15.3 Å². The van der Waals surface area contributed by atoms with E-state index >= 15 is 0 Å². The van der Waals surface area contributed by atoms with Gasteiger partial charge in [0.2, 0.25) is 0 Å². The lowest BCUT2D eigenvalue weighted by atomic mass is 9.73. The number of hydrogen-bond donors (Lipinski definition) is 1. The fourth-order valence-electron chi connectivity index (χ4n) is 4.13. The van der Waals surface area contributed by atoms with Crippen LogP contribution < -0.4 is 5.48 Å². The molecule has 1 saturated carbocycles. The fourth-order valence-corrected chi connectivity index (χ4v) is 4.13. The van der Waals surface area contributed by atoms with E-state index in [2.05, 4.69) is 34.0 Å². The number of nitrogens with zero attached hydrogens (tertiary/aromatic N) is 3. The Kier molecular flexibility index (Phi) is 6.87. The molecule has 1 atom stereocenters. The molecule has 1 aliphatic carbocycles. The molecule has 0 radical (unpaired) electrons. The maximum Gasteiger partial charge on any atom is 0.130 e. The number of nitrogens with one attached hydrogen (secondary N) is 1. The Bertz CT molecular complexity index is 872. The minimum atomic E-state index is -0.211. The molecule has 0 amide bonds. The van der Waals surface area contributed by atoms with Crippen LogP contribution in [-0.2, 0) is 4.84 Å². The predicted octanol–water partition coefficient (Wildman–Crippen LogP) is 5.01. The van der Waals surface area contributed by atoms with Gasteiger partial charge in [0, 0.05) is 23.7 Å². The van der Waals surface area contributed by atoms with Gasteiger partial charge in [0.05, 0.1) is 12.6 Å². The number of hydrogen-bond acceptors (Lipinski definition) is 3. The topological polar surface area (TPSA) is 58.9 Å². The molecule has 0 aliphatic heterocycles. The summed E-state index contributed by atoms with van der Waals surface area (Å²) in [5.74, 6) is 1.71. The van der Waals surface area contributed by atoms with Gasteiger partial charge in [0.25, 0.3) is 0 Å². The van der Waals surface area contributed by atoms with Crippen LogP contribution in [0.2, 0.25) is 0 Å². The predicted molar refractivity (Wildman–Crippen MR) is 112 cm³/mol. The highest BCUT2D eigenvalue weighted by atomic mass is 19.1. The molecule has 1 aromatic heterocycles. The summed E-state index contributed by atoms with van der Waals surface area (Å²) in [6.45, 7) is 5.72. The lowest BCUT2D eigenvalue weighted by molar-refractivity contribution is 0.135. The molecule has 0 bridgehead atoms. The van der Waals surface area contributed by atoms with E-state index in [1.807, 2.05) is 12.3 Å². The van der Waals surface area contributed by atoms with Crippen molar-refractivity contribution in [2.45, 2.75) is 38.5 Å².